The van der Waals surface area contributed by atoms with E-state index < -0.39 is 107 Å². The first-order valence-electron chi connectivity index (χ1n) is 22.5. The van der Waals surface area contributed by atoms with Crippen LogP contribution in [0.4, 0.5) is 4.79 Å². The van der Waals surface area contributed by atoms with E-state index >= 15 is 0 Å². The summed E-state index contributed by atoms with van der Waals surface area (Å²) in [5, 5.41) is 16.0. The van der Waals surface area contributed by atoms with Crippen LogP contribution in [0.1, 0.15) is 109 Å². The Bertz CT molecular complexity index is 2040. The molecule has 0 bridgehead atoms. The fourth-order valence-corrected chi connectivity index (χ4v) is 7.88. The van der Waals surface area contributed by atoms with E-state index in [1.807, 2.05) is 0 Å². The number of benzene rings is 1. The Morgan fingerprint density at radius 3 is 2.14 bits per heavy atom. The summed E-state index contributed by atoms with van der Waals surface area (Å²) < 4.78 is 5.58. The lowest BCUT2D eigenvalue weighted by molar-refractivity contribution is -0.141. The third-order valence-corrected chi connectivity index (χ3v) is 11.3. The maximum Gasteiger partial charge on any atom is 0.410 e. The van der Waals surface area contributed by atoms with Crippen LogP contribution < -0.4 is 31.9 Å². The van der Waals surface area contributed by atoms with E-state index in [2.05, 4.69) is 41.9 Å². The van der Waals surface area contributed by atoms with Crippen LogP contribution in [0.3, 0.4) is 0 Å². The number of carbonyl (C=O) groups is 9. The molecule has 1 unspecified atom stereocenters. The number of Topliss-reactive ketones (excluding diaryl/α,β-unsaturated/α-hetero) is 1. The van der Waals surface area contributed by atoms with Crippen LogP contribution in [0.2, 0.25) is 0 Å². The molecule has 2 aromatic rings. The zero-order valence-corrected chi connectivity index (χ0v) is 39.2. The molecule has 66 heavy (non-hydrogen) atoms. The Morgan fingerprint density at radius 1 is 0.864 bits per heavy atom. The van der Waals surface area contributed by atoms with Crippen molar-refractivity contribution in [3.63, 3.8) is 0 Å². The van der Waals surface area contributed by atoms with Crippen molar-refractivity contribution in [1.29, 1.82) is 0 Å². The molecule has 6 N–H and O–H groups in total. The van der Waals surface area contributed by atoms with E-state index in [0.717, 1.165) is 19.3 Å². The van der Waals surface area contributed by atoms with Gasteiger partial charge in [0.25, 0.3) is 11.8 Å². The predicted molar refractivity (Wildman–Crippen MR) is 241 cm³/mol. The molecule has 20 heteroatoms. The third-order valence-electron chi connectivity index (χ3n) is 11.3. The van der Waals surface area contributed by atoms with Gasteiger partial charge in [-0.1, -0.05) is 76.8 Å². The minimum atomic E-state index is -1.35. The van der Waals surface area contributed by atoms with Gasteiger partial charge in [-0.2, -0.15) is 0 Å². The smallest absolute Gasteiger partial charge is 0.410 e. The number of likely N-dealkylation sites (tertiary alicyclic amines) is 1. The van der Waals surface area contributed by atoms with Crippen molar-refractivity contribution in [2.24, 2.45) is 17.8 Å². The fraction of sp³-hybridized carbons (Fsp3) is 0.587. The van der Waals surface area contributed by atoms with Crippen molar-refractivity contribution < 1.29 is 47.9 Å². The number of carbonyl (C=O) groups excluding carboxylic acids is 9. The second kappa shape index (κ2) is 24.2. The number of rotatable bonds is 19. The van der Waals surface area contributed by atoms with Gasteiger partial charge in [-0.05, 0) is 57.4 Å². The number of hydrogen-bond acceptors (Lipinski definition) is 12. The largest absolute Gasteiger partial charge is 0.444 e. The molecule has 4 rings (SSSR count). The van der Waals surface area contributed by atoms with Crippen LogP contribution in [-0.2, 0) is 38.3 Å². The molecule has 1 aliphatic heterocycles. The number of aromatic nitrogens is 2. The summed E-state index contributed by atoms with van der Waals surface area (Å²) in [6, 6.07) is 2.94. The molecule has 8 amide bonds. The monoisotopic (exact) mass is 918 g/mol. The van der Waals surface area contributed by atoms with Gasteiger partial charge < -0.3 is 46.4 Å². The van der Waals surface area contributed by atoms with E-state index in [0.29, 0.717) is 24.8 Å². The Morgan fingerprint density at radius 2 is 1.55 bits per heavy atom. The summed E-state index contributed by atoms with van der Waals surface area (Å²) in [5.74, 6) is -7.72. The van der Waals surface area contributed by atoms with Crippen molar-refractivity contribution >= 4 is 53.2 Å². The highest BCUT2D eigenvalue weighted by Crippen LogP contribution is 2.28. The third kappa shape index (κ3) is 15.0. The predicted octanol–water partition coefficient (Wildman–Crippen LogP) is 1.56. The molecular formula is C46H66N10O10. The molecule has 20 nitrogen and oxygen atoms in total. The standard InChI is InChI=1S/C46H66N10O10/c1-9-16-31(38(58)43(63)49-24-34(57)52-37(44(64)55(7)8)29-19-14-11-15-20-29)50-39(59)30-25-56(45(65)66-46(4,5)6)26-33(30)51-41(61)35(27(2)3)53-42(62)36(28-17-12-10-13-18-28)54-40(60)32-23-47-21-22-48-32/h11,14-15,19-23,27-28,30-31,33,35-37H,9-10,12-13,16-18,24-26H2,1-8H3,(H,49,63)(H,50,59)(H,51,61)(H,52,57)(H,53,62)(H,54,60)/t30-,31+,33+,35?,36+,37+/m1/s1. The average Bonchev–Trinajstić information content (AvgIpc) is 3.71. The number of nitrogens with one attached hydrogen (secondary N) is 6. The Hall–Kier alpha value is -6.47. The van der Waals surface area contributed by atoms with Crippen LogP contribution in [0.5, 0.6) is 0 Å². The molecule has 0 radical (unpaired) electrons. The number of ether oxygens (including phenoxy) is 1. The molecule has 2 fully saturated rings. The highest BCUT2D eigenvalue weighted by Gasteiger charge is 2.44. The second-order valence-corrected chi connectivity index (χ2v) is 18.3. The molecule has 2 heterocycles. The van der Waals surface area contributed by atoms with Gasteiger partial charge in [0.15, 0.2) is 0 Å². The molecule has 1 saturated heterocycles. The fourth-order valence-electron chi connectivity index (χ4n) is 7.88. The highest BCUT2D eigenvalue weighted by atomic mass is 16.6. The maximum absolute atomic E-state index is 14.2. The summed E-state index contributed by atoms with van der Waals surface area (Å²) in [6.45, 7) is 9.19. The van der Waals surface area contributed by atoms with Crippen molar-refractivity contribution in [2.45, 2.75) is 122 Å². The van der Waals surface area contributed by atoms with E-state index in [1.54, 1.807) is 71.9 Å². The van der Waals surface area contributed by atoms with Gasteiger partial charge in [0.1, 0.15) is 29.4 Å². The van der Waals surface area contributed by atoms with Gasteiger partial charge in [0, 0.05) is 39.6 Å². The quantitative estimate of drug-likeness (QED) is 0.110. The maximum atomic E-state index is 14.2. The number of nitrogens with zero attached hydrogens (tertiary/aromatic N) is 4. The van der Waals surface area contributed by atoms with Crippen molar-refractivity contribution in [2.75, 3.05) is 33.7 Å². The van der Waals surface area contributed by atoms with E-state index in [9.17, 15) is 43.2 Å². The molecule has 360 valence electrons. The molecular weight excluding hydrogens is 853 g/mol. The second-order valence-electron chi connectivity index (χ2n) is 18.3. The average molecular weight is 919 g/mol. The summed E-state index contributed by atoms with van der Waals surface area (Å²) >= 11 is 0. The van der Waals surface area contributed by atoms with Crippen LogP contribution in [0.25, 0.3) is 0 Å². The molecule has 0 spiro atoms. The molecule has 2 aliphatic rings. The van der Waals surface area contributed by atoms with E-state index in [-0.39, 0.29) is 31.1 Å². The molecule has 1 aromatic carbocycles. The van der Waals surface area contributed by atoms with Crippen molar-refractivity contribution in [3.8, 4) is 0 Å². The van der Waals surface area contributed by atoms with E-state index in [1.165, 1.54) is 42.5 Å². The van der Waals surface area contributed by atoms with Crippen LogP contribution >= 0.6 is 0 Å². The van der Waals surface area contributed by atoms with Gasteiger partial charge in [-0.15, -0.1) is 0 Å². The number of hydrogen-bond donors (Lipinski definition) is 6. The Labute approximate surface area is 385 Å². The summed E-state index contributed by atoms with van der Waals surface area (Å²) in [7, 11) is 3.07. The van der Waals surface area contributed by atoms with Crippen molar-refractivity contribution in [1.82, 2.24) is 51.7 Å². The molecule has 1 aromatic heterocycles. The molecule has 1 saturated carbocycles. The van der Waals surface area contributed by atoms with Gasteiger partial charge in [-0.25, -0.2) is 9.78 Å². The topological polar surface area (TPSA) is 267 Å². The lowest BCUT2D eigenvalue weighted by Crippen LogP contribution is -2.59. The first-order valence-corrected chi connectivity index (χ1v) is 22.5. The first kappa shape index (κ1) is 52.2. The molecule has 6 atom stereocenters. The van der Waals surface area contributed by atoms with Crippen molar-refractivity contribution in [3.05, 3.63) is 60.2 Å². The minimum Gasteiger partial charge on any atom is -0.444 e. The molecule has 1 aliphatic carbocycles. The Kier molecular flexibility index (Phi) is 19.1. The van der Waals surface area contributed by atoms with Crippen LogP contribution in [0, 0.1) is 17.8 Å². The summed E-state index contributed by atoms with van der Waals surface area (Å²) in [5.41, 5.74) is -0.353. The van der Waals surface area contributed by atoms with Crippen LogP contribution in [-0.4, -0.2) is 136 Å². The first-order chi connectivity index (χ1) is 31.2. The lowest BCUT2D eigenvalue weighted by Gasteiger charge is -2.32. The lowest BCUT2D eigenvalue weighted by atomic mass is 9.83. The van der Waals surface area contributed by atoms with E-state index in [4.69, 9.17) is 4.74 Å². The Balaban J connectivity index is 1.49. The number of ketones is 1. The van der Waals surface area contributed by atoms with Gasteiger partial charge in [0.2, 0.25) is 35.3 Å². The number of amides is 8. The van der Waals surface area contributed by atoms with Gasteiger partial charge in [0.05, 0.1) is 30.7 Å². The summed E-state index contributed by atoms with van der Waals surface area (Å²) in [6.07, 6.45) is 7.83. The normalized spacial score (nSPS) is 18.1. The number of likely N-dealkylation sites (N-methyl/N-ethyl adjacent to an activating group) is 1. The SMILES string of the molecule is CCC[C@H](NC(=O)[C@@H]1CN(C(=O)OC(C)(C)C)C[C@@H]1NC(=O)C(NC(=O)[C@@H](NC(=O)c1cnccn1)C1CCCCC1)C(C)C)C(=O)C(=O)NCC(=O)N[C@H](C(=O)N(C)C)c1ccccc1. The zero-order chi connectivity index (χ0) is 48.7. The highest BCUT2D eigenvalue weighted by molar-refractivity contribution is 6.38. The van der Waals surface area contributed by atoms with Gasteiger partial charge in [-0.3, -0.25) is 43.3 Å². The minimum absolute atomic E-state index is 0.0300. The summed E-state index contributed by atoms with van der Waals surface area (Å²) in [4.78, 5) is 132. The zero-order valence-electron chi connectivity index (χ0n) is 39.2. The van der Waals surface area contributed by atoms with Crippen LogP contribution in [0.15, 0.2) is 48.9 Å². The van der Waals surface area contributed by atoms with Gasteiger partial charge >= 0.3 is 6.09 Å².